The zero-order chi connectivity index (χ0) is 12.1. The molecule has 0 N–H and O–H groups in total. The van der Waals surface area contributed by atoms with Crippen LogP contribution < -0.4 is 0 Å². The minimum absolute atomic E-state index is 0.286. The van der Waals surface area contributed by atoms with Gasteiger partial charge in [-0.05, 0) is 44.4 Å². The van der Waals surface area contributed by atoms with Crippen molar-refractivity contribution in [1.82, 2.24) is 0 Å². The molecule has 16 heavy (non-hydrogen) atoms. The van der Waals surface area contributed by atoms with Gasteiger partial charge in [0.25, 0.3) is 0 Å². The first-order valence-electron chi connectivity index (χ1n) is 6.69. The molecule has 1 aliphatic rings. The second kappa shape index (κ2) is 6.22. The molecule has 0 aromatic heterocycles. The van der Waals surface area contributed by atoms with Crippen LogP contribution in [-0.4, -0.2) is 5.78 Å². The van der Waals surface area contributed by atoms with Crippen LogP contribution >= 0.6 is 0 Å². The van der Waals surface area contributed by atoms with Crippen molar-refractivity contribution < 1.29 is 4.79 Å². The first-order valence-corrected chi connectivity index (χ1v) is 6.69. The molecule has 0 saturated carbocycles. The van der Waals surface area contributed by atoms with Gasteiger partial charge in [-0.25, -0.2) is 0 Å². The fourth-order valence-electron chi connectivity index (χ4n) is 2.67. The van der Waals surface area contributed by atoms with Gasteiger partial charge in [0.05, 0.1) is 0 Å². The van der Waals surface area contributed by atoms with E-state index in [2.05, 4.69) is 26.8 Å². The number of carbonyl (C=O) groups excluding carboxylic acids is 1. The molecule has 2 atom stereocenters. The summed E-state index contributed by atoms with van der Waals surface area (Å²) in [5.41, 5.74) is 1.59. The Kier molecular flexibility index (Phi) is 5.24. The molecule has 0 spiro atoms. The lowest BCUT2D eigenvalue weighted by atomic mass is 9.77. The maximum atomic E-state index is 11.4. The smallest absolute Gasteiger partial charge is 0.133 e. The van der Waals surface area contributed by atoms with Crippen molar-refractivity contribution in [2.75, 3.05) is 0 Å². The van der Waals surface area contributed by atoms with Crippen LogP contribution in [0, 0.1) is 17.8 Å². The third kappa shape index (κ3) is 4.11. The van der Waals surface area contributed by atoms with Crippen LogP contribution in [0.5, 0.6) is 0 Å². The summed E-state index contributed by atoms with van der Waals surface area (Å²) in [5.74, 6) is 2.02. The van der Waals surface area contributed by atoms with Crippen LogP contribution in [0.4, 0.5) is 0 Å². The Morgan fingerprint density at radius 1 is 1.50 bits per heavy atom. The molecule has 92 valence electrons. The number of ketones is 1. The van der Waals surface area contributed by atoms with Gasteiger partial charge >= 0.3 is 0 Å². The topological polar surface area (TPSA) is 17.1 Å². The zero-order valence-electron chi connectivity index (χ0n) is 11.3. The van der Waals surface area contributed by atoms with Crippen molar-refractivity contribution in [3.63, 3.8) is 0 Å². The summed E-state index contributed by atoms with van der Waals surface area (Å²) < 4.78 is 0. The Labute approximate surface area is 100 Å². The quantitative estimate of drug-likeness (QED) is 0.631. The van der Waals surface area contributed by atoms with Crippen LogP contribution in [0.2, 0.25) is 0 Å². The molecule has 0 aromatic rings. The lowest BCUT2D eigenvalue weighted by Crippen LogP contribution is -2.22. The molecule has 2 unspecified atom stereocenters. The summed E-state index contributed by atoms with van der Waals surface area (Å²) in [6.07, 6.45) is 8.32. The van der Waals surface area contributed by atoms with Crippen LogP contribution in [-0.2, 0) is 4.79 Å². The maximum absolute atomic E-state index is 11.4. The molecule has 1 nitrogen and oxygen atoms in total. The first kappa shape index (κ1) is 13.5. The molecule has 0 aromatic carbocycles. The highest BCUT2D eigenvalue weighted by atomic mass is 16.1. The van der Waals surface area contributed by atoms with Crippen molar-refractivity contribution in [1.29, 1.82) is 0 Å². The summed E-state index contributed by atoms with van der Waals surface area (Å²) >= 11 is 0. The average molecular weight is 222 g/mol. The summed E-state index contributed by atoms with van der Waals surface area (Å²) in [5, 5.41) is 0. The van der Waals surface area contributed by atoms with Gasteiger partial charge in [-0.3, -0.25) is 4.79 Å². The molecule has 0 radical (unpaired) electrons. The third-order valence-corrected chi connectivity index (χ3v) is 3.73. The van der Waals surface area contributed by atoms with Gasteiger partial charge in [0.15, 0.2) is 0 Å². The third-order valence-electron chi connectivity index (χ3n) is 3.73. The van der Waals surface area contributed by atoms with Gasteiger partial charge in [-0.15, -0.1) is 0 Å². The summed E-state index contributed by atoms with van der Waals surface area (Å²) in [4.78, 5) is 11.4. The summed E-state index contributed by atoms with van der Waals surface area (Å²) in [6, 6.07) is 0. The molecule has 0 fully saturated rings. The van der Waals surface area contributed by atoms with E-state index in [0.717, 1.165) is 18.8 Å². The second-order valence-corrected chi connectivity index (χ2v) is 5.78. The monoisotopic (exact) mass is 222 g/mol. The van der Waals surface area contributed by atoms with Crippen molar-refractivity contribution in [2.24, 2.45) is 17.8 Å². The average Bonchev–Trinajstić information content (AvgIpc) is 2.16. The Hall–Kier alpha value is -0.590. The molecule has 1 heteroatoms. The van der Waals surface area contributed by atoms with Crippen LogP contribution in [0.25, 0.3) is 0 Å². The normalized spacial score (nSPS) is 25.7. The van der Waals surface area contributed by atoms with E-state index >= 15 is 0 Å². The SMILES string of the molecule is CC(=O)C1CC=C(CCCC(C)C)CC1C. The Balaban J connectivity index is 2.38. The number of hydrogen-bond acceptors (Lipinski definition) is 1. The standard InChI is InChI=1S/C15H26O/c1-11(2)6-5-7-14-8-9-15(13(4)16)12(3)10-14/h8,11-12,15H,5-7,9-10H2,1-4H3. The van der Waals surface area contributed by atoms with E-state index < -0.39 is 0 Å². The van der Waals surface area contributed by atoms with E-state index in [0.29, 0.717) is 11.7 Å². The molecule has 0 saturated heterocycles. The van der Waals surface area contributed by atoms with Gasteiger partial charge in [-0.2, -0.15) is 0 Å². The van der Waals surface area contributed by atoms with E-state index in [1.54, 1.807) is 12.5 Å². The van der Waals surface area contributed by atoms with Crippen molar-refractivity contribution in [3.8, 4) is 0 Å². The Morgan fingerprint density at radius 2 is 2.19 bits per heavy atom. The lowest BCUT2D eigenvalue weighted by molar-refractivity contribution is -0.122. The van der Waals surface area contributed by atoms with E-state index in [1.165, 1.54) is 19.3 Å². The lowest BCUT2D eigenvalue weighted by Gasteiger charge is -2.27. The molecule has 0 bridgehead atoms. The highest BCUT2D eigenvalue weighted by Gasteiger charge is 2.25. The molecular formula is C15H26O. The number of Topliss-reactive ketones (excluding diaryl/α,β-unsaturated/α-hetero) is 1. The van der Waals surface area contributed by atoms with Crippen LogP contribution in [0.15, 0.2) is 11.6 Å². The molecular weight excluding hydrogens is 196 g/mol. The largest absolute Gasteiger partial charge is 0.300 e. The number of carbonyl (C=O) groups is 1. The number of hydrogen-bond donors (Lipinski definition) is 0. The molecule has 0 heterocycles. The Morgan fingerprint density at radius 3 is 2.69 bits per heavy atom. The van der Waals surface area contributed by atoms with Crippen molar-refractivity contribution >= 4 is 5.78 Å². The minimum atomic E-state index is 0.286. The van der Waals surface area contributed by atoms with Gasteiger partial charge in [0.2, 0.25) is 0 Å². The molecule has 1 rings (SSSR count). The highest BCUT2D eigenvalue weighted by molar-refractivity contribution is 5.79. The van der Waals surface area contributed by atoms with Gasteiger partial charge in [-0.1, -0.05) is 38.8 Å². The number of rotatable bonds is 5. The Bertz CT molecular complexity index is 263. The molecule has 0 aliphatic heterocycles. The fourth-order valence-corrected chi connectivity index (χ4v) is 2.67. The van der Waals surface area contributed by atoms with E-state index in [4.69, 9.17) is 0 Å². The van der Waals surface area contributed by atoms with Gasteiger partial charge < -0.3 is 0 Å². The van der Waals surface area contributed by atoms with E-state index in [9.17, 15) is 4.79 Å². The minimum Gasteiger partial charge on any atom is -0.300 e. The predicted octanol–water partition coefficient (Wildman–Crippen LogP) is 4.37. The van der Waals surface area contributed by atoms with Crippen molar-refractivity contribution in [3.05, 3.63) is 11.6 Å². The summed E-state index contributed by atoms with van der Waals surface area (Å²) in [6.45, 7) is 8.52. The molecule has 0 amide bonds. The van der Waals surface area contributed by atoms with Crippen LogP contribution in [0.1, 0.15) is 59.8 Å². The fraction of sp³-hybridized carbons (Fsp3) is 0.800. The van der Waals surface area contributed by atoms with Crippen molar-refractivity contribution in [2.45, 2.75) is 59.8 Å². The predicted molar refractivity (Wildman–Crippen MR) is 69.3 cm³/mol. The highest BCUT2D eigenvalue weighted by Crippen LogP contribution is 2.32. The van der Waals surface area contributed by atoms with Gasteiger partial charge in [0, 0.05) is 5.92 Å². The maximum Gasteiger partial charge on any atom is 0.133 e. The van der Waals surface area contributed by atoms with E-state index in [-0.39, 0.29) is 5.92 Å². The van der Waals surface area contributed by atoms with Gasteiger partial charge in [0.1, 0.15) is 5.78 Å². The second-order valence-electron chi connectivity index (χ2n) is 5.78. The van der Waals surface area contributed by atoms with Crippen LogP contribution in [0.3, 0.4) is 0 Å². The zero-order valence-corrected chi connectivity index (χ0v) is 11.3. The number of allylic oxidation sites excluding steroid dienone is 2. The van der Waals surface area contributed by atoms with E-state index in [1.807, 2.05) is 0 Å². The summed E-state index contributed by atoms with van der Waals surface area (Å²) in [7, 11) is 0. The first-order chi connectivity index (χ1) is 7.50. The molecule has 1 aliphatic carbocycles.